The van der Waals surface area contributed by atoms with Crippen LogP contribution in [0.3, 0.4) is 0 Å². The van der Waals surface area contributed by atoms with Gasteiger partial charge in [0.25, 0.3) is 5.56 Å². The molecule has 1 aromatic heterocycles. The van der Waals surface area contributed by atoms with Crippen molar-refractivity contribution in [1.29, 1.82) is 0 Å². The van der Waals surface area contributed by atoms with Gasteiger partial charge in [0.2, 0.25) is 0 Å². The Balaban J connectivity index is 3.33. The van der Waals surface area contributed by atoms with Gasteiger partial charge < -0.3 is 0 Å². The highest BCUT2D eigenvalue weighted by Gasteiger charge is 2.15. The third-order valence-electron chi connectivity index (χ3n) is 1.57. The molecule has 1 rings (SSSR count). The summed E-state index contributed by atoms with van der Waals surface area (Å²) in [5.41, 5.74) is 0.584. The van der Waals surface area contributed by atoms with Crippen molar-refractivity contribution in [2.45, 2.75) is 33.2 Å². The van der Waals surface area contributed by atoms with Crippen molar-refractivity contribution in [2.75, 3.05) is 0 Å². The number of aryl methyl sites for hydroxylation is 1. The van der Waals surface area contributed by atoms with Crippen molar-refractivity contribution in [2.24, 2.45) is 0 Å². The molecule has 1 aromatic rings. The summed E-state index contributed by atoms with van der Waals surface area (Å²) in [6, 6.07) is 3.28. The molecule has 3 heteroatoms. The molecule has 0 N–H and O–H groups in total. The standard InChI is InChI=1S/C9H14N2O/c1-7-5-6-8(12)11(10-7)9(2,3)4/h5-6H,1-4H3. The molecule has 0 unspecified atom stereocenters. The molecular weight excluding hydrogens is 152 g/mol. The molecule has 0 aliphatic carbocycles. The lowest BCUT2D eigenvalue weighted by molar-refractivity contribution is 0.335. The zero-order valence-corrected chi connectivity index (χ0v) is 7.96. The zero-order valence-electron chi connectivity index (χ0n) is 7.96. The van der Waals surface area contributed by atoms with Gasteiger partial charge in [0.1, 0.15) is 0 Å². The molecule has 1 heterocycles. The van der Waals surface area contributed by atoms with E-state index in [4.69, 9.17) is 0 Å². The predicted molar refractivity (Wildman–Crippen MR) is 48.2 cm³/mol. The average molecular weight is 166 g/mol. The van der Waals surface area contributed by atoms with Crippen LogP contribution in [0.4, 0.5) is 0 Å². The van der Waals surface area contributed by atoms with Crippen LogP contribution in [0.25, 0.3) is 0 Å². The summed E-state index contributed by atoms with van der Waals surface area (Å²) >= 11 is 0. The molecule has 66 valence electrons. The minimum absolute atomic E-state index is 0.0481. The second-order valence-corrected chi connectivity index (χ2v) is 3.90. The van der Waals surface area contributed by atoms with Gasteiger partial charge in [-0.3, -0.25) is 4.79 Å². The molecule has 0 aliphatic rings. The second kappa shape index (κ2) is 2.73. The fourth-order valence-corrected chi connectivity index (χ4v) is 0.983. The Morgan fingerprint density at radius 1 is 1.33 bits per heavy atom. The fraction of sp³-hybridized carbons (Fsp3) is 0.556. The van der Waals surface area contributed by atoms with Crippen molar-refractivity contribution >= 4 is 0 Å². The van der Waals surface area contributed by atoms with Crippen LogP contribution in [0, 0.1) is 6.92 Å². The maximum absolute atomic E-state index is 11.3. The molecule has 0 bridgehead atoms. The summed E-state index contributed by atoms with van der Waals surface area (Å²) in [5.74, 6) is 0. The quantitative estimate of drug-likeness (QED) is 0.582. The largest absolute Gasteiger partial charge is 0.268 e. The van der Waals surface area contributed by atoms with Gasteiger partial charge in [-0.15, -0.1) is 0 Å². The van der Waals surface area contributed by atoms with Crippen LogP contribution >= 0.6 is 0 Å². The van der Waals surface area contributed by atoms with E-state index in [1.165, 1.54) is 4.68 Å². The first kappa shape index (κ1) is 8.97. The molecule has 0 saturated heterocycles. The van der Waals surface area contributed by atoms with Crippen molar-refractivity contribution < 1.29 is 0 Å². The Bertz CT molecular complexity index is 333. The highest BCUT2D eigenvalue weighted by Crippen LogP contribution is 2.08. The van der Waals surface area contributed by atoms with Crippen LogP contribution < -0.4 is 5.56 Å². The molecule has 12 heavy (non-hydrogen) atoms. The SMILES string of the molecule is Cc1ccc(=O)n(C(C)(C)C)n1. The van der Waals surface area contributed by atoms with E-state index in [1.807, 2.05) is 27.7 Å². The number of hydrogen-bond donors (Lipinski definition) is 0. The highest BCUT2D eigenvalue weighted by molar-refractivity contribution is 4.98. The Morgan fingerprint density at radius 2 is 1.92 bits per heavy atom. The van der Waals surface area contributed by atoms with Crippen molar-refractivity contribution in [1.82, 2.24) is 9.78 Å². The van der Waals surface area contributed by atoms with E-state index in [0.29, 0.717) is 0 Å². The molecular formula is C9H14N2O. The third-order valence-corrected chi connectivity index (χ3v) is 1.57. The van der Waals surface area contributed by atoms with Gasteiger partial charge in [0.15, 0.2) is 0 Å². The number of hydrogen-bond acceptors (Lipinski definition) is 2. The number of rotatable bonds is 0. The van der Waals surface area contributed by atoms with Gasteiger partial charge in [0, 0.05) is 6.07 Å². The van der Waals surface area contributed by atoms with Gasteiger partial charge in [-0.1, -0.05) is 0 Å². The topological polar surface area (TPSA) is 34.9 Å². The van der Waals surface area contributed by atoms with Crippen LogP contribution in [0.2, 0.25) is 0 Å². The Hall–Kier alpha value is -1.12. The first-order chi connectivity index (χ1) is 5.41. The molecule has 0 amide bonds. The van der Waals surface area contributed by atoms with E-state index in [9.17, 15) is 4.79 Å². The number of nitrogens with zero attached hydrogens (tertiary/aromatic N) is 2. The van der Waals surface area contributed by atoms with E-state index in [0.717, 1.165) is 5.69 Å². The van der Waals surface area contributed by atoms with E-state index < -0.39 is 0 Å². The van der Waals surface area contributed by atoms with E-state index in [1.54, 1.807) is 12.1 Å². The molecule has 0 saturated carbocycles. The minimum atomic E-state index is -0.233. The van der Waals surface area contributed by atoms with Crippen molar-refractivity contribution in [3.05, 3.63) is 28.2 Å². The second-order valence-electron chi connectivity index (χ2n) is 3.90. The highest BCUT2D eigenvalue weighted by atomic mass is 16.1. The van der Waals surface area contributed by atoms with Crippen LogP contribution in [0.15, 0.2) is 16.9 Å². The lowest BCUT2D eigenvalue weighted by atomic mass is 10.1. The van der Waals surface area contributed by atoms with E-state index in [2.05, 4.69) is 5.10 Å². The smallest absolute Gasteiger partial charge is 0.267 e. The fourth-order valence-electron chi connectivity index (χ4n) is 0.983. The van der Waals surface area contributed by atoms with Gasteiger partial charge in [-0.25, -0.2) is 4.68 Å². The molecule has 3 nitrogen and oxygen atoms in total. The molecule has 0 spiro atoms. The monoisotopic (exact) mass is 166 g/mol. The first-order valence-corrected chi connectivity index (χ1v) is 3.99. The summed E-state index contributed by atoms with van der Waals surface area (Å²) in [6.07, 6.45) is 0. The molecule has 0 atom stereocenters. The molecule has 0 radical (unpaired) electrons. The molecule has 0 fully saturated rings. The zero-order chi connectivity index (χ0) is 9.35. The molecule has 0 aliphatic heterocycles. The summed E-state index contributed by atoms with van der Waals surface area (Å²) in [6.45, 7) is 7.75. The summed E-state index contributed by atoms with van der Waals surface area (Å²) in [5, 5.41) is 4.15. The average Bonchev–Trinajstić information content (AvgIpc) is 1.92. The third kappa shape index (κ3) is 1.72. The lowest BCUT2D eigenvalue weighted by Crippen LogP contribution is -2.35. The summed E-state index contributed by atoms with van der Waals surface area (Å²) in [4.78, 5) is 11.3. The predicted octanol–water partition coefficient (Wildman–Crippen LogP) is 1.31. The van der Waals surface area contributed by atoms with Crippen LogP contribution in [0.5, 0.6) is 0 Å². The van der Waals surface area contributed by atoms with E-state index in [-0.39, 0.29) is 11.1 Å². The number of aromatic nitrogens is 2. The minimum Gasteiger partial charge on any atom is -0.268 e. The van der Waals surface area contributed by atoms with Crippen LogP contribution in [-0.2, 0) is 5.54 Å². The first-order valence-electron chi connectivity index (χ1n) is 3.99. The van der Waals surface area contributed by atoms with Gasteiger partial charge in [-0.05, 0) is 33.8 Å². The van der Waals surface area contributed by atoms with Crippen molar-refractivity contribution in [3.63, 3.8) is 0 Å². The maximum atomic E-state index is 11.3. The van der Waals surface area contributed by atoms with Gasteiger partial charge in [0.05, 0.1) is 11.2 Å². The van der Waals surface area contributed by atoms with Crippen LogP contribution in [-0.4, -0.2) is 9.78 Å². The van der Waals surface area contributed by atoms with Crippen molar-refractivity contribution in [3.8, 4) is 0 Å². The lowest BCUT2D eigenvalue weighted by Gasteiger charge is -2.20. The Kier molecular flexibility index (Phi) is 2.04. The van der Waals surface area contributed by atoms with E-state index >= 15 is 0 Å². The Labute approximate surface area is 72.0 Å². The molecule has 0 aromatic carbocycles. The summed E-state index contributed by atoms with van der Waals surface area (Å²) in [7, 11) is 0. The van der Waals surface area contributed by atoms with Gasteiger partial charge >= 0.3 is 0 Å². The Morgan fingerprint density at radius 3 is 2.33 bits per heavy atom. The maximum Gasteiger partial charge on any atom is 0.267 e. The summed E-state index contributed by atoms with van der Waals surface area (Å²) < 4.78 is 1.50. The normalized spacial score (nSPS) is 11.7. The van der Waals surface area contributed by atoms with Gasteiger partial charge in [-0.2, -0.15) is 5.10 Å². The van der Waals surface area contributed by atoms with Crippen LogP contribution in [0.1, 0.15) is 26.5 Å².